The predicted octanol–water partition coefficient (Wildman–Crippen LogP) is 3.32. The molecule has 0 saturated heterocycles. The van der Waals surface area contributed by atoms with Gasteiger partial charge in [0.2, 0.25) is 11.8 Å². The van der Waals surface area contributed by atoms with Gasteiger partial charge in [0.1, 0.15) is 15.7 Å². The molecular weight excluding hydrogens is 380 g/mol. The number of primary amides is 1. The van der Waals surface area contributed by atoms with Crippen LogP contribution in [0.1, 0.15) is 33.0 Å². The van der Waals surface area contributed by atoms with Gasteiger partial charge in [-0.15, -0.1) is 11.3 Å². The molecule has 0 unspecified atom stereocenters. The Morgan fingerprint density at radius 3 is 2.74 bits per heavy atom. The van der Waals surface area contributed by atoms with Crippen LogP contribution in [0.4, 0.5) is 5.69 Å². The third-order valence-electron chi connectivity index (χ3n) is 4.44. The van der Waals surface area contributed by atoms with Gasteiger partial charge in [-0.2, -0.15) is 0 Å². The van der Waals surface area contributed by atoms with Crippen LogP contribution in [0.15, 0.2) is 29.3 Å². The number of carbonyl (C=O) groups is 2. The number of nitrogens with one attached hydrogen (secondary N) is 1. The number of nitrogens with zero attached hydrogens (tertiary/aromatic N) is 2. The Balaban J connectivity index is 1.48. The number of aromatic nitrogens is 2. The van der Waals surface area contributed by atoms with Crippen molar-refractivity contribution in [2.75, 3.05) is 11.1 Å². The minimum Gasteiger partial charge on any atom is -0.366 e. The van der Waals surface area contributed by atoms with Crippen LogP contribution in [0.3, 0.4) is 0 Å². The molecule has 2 amide bonds. The van der Waals surface area contributed by atoms with Crippen LogP contribution in [-0.4, -0.2) is 27.5 Å². The molecule has 2 aromatic heterocycles. The number of fused-ring (bicyclic) bond motifs is 3. The Labute approximate surface area is 164 Å². The second-order valence-corrected chi connectivity index (χ2v) is 8.44. The summed E-state index contributed by atoms with van der Waals surface area (Å²) >= 11 is 3.19. The normalized spacial score (nSPS) is 12.9. The molecule has 3 aromatic rings. The molecule has 0 bridgehead atoms. The number of hydrogen-bond acceptors (Lipinski definition) is 6. The van der Waals surface area contributed by atoms with E-state index in [1.165, 1.54) is 28.6 Å². The number of hydrogen-bond donors (Lipinski definition) is 2. The van der Waals surface area contributed by atoms with E-state index < -0.39 is 5.91 Å². The topological polar surface area (TPSA) is 98.0 Å². The maximum Gasteiger partial charge on any atom is 0.248 e. The molecule has 0 spiro atoms. The Kier molecular flexibility index (Phi) is 4.84. The Hall–Kier alpha value is -2.45. The molecule has 3 N–H and O–H groups in total. The van der Waals surface area contributed by atoms with Crippen molar-refractivity contribution in [2.45, 2.75) is 31.2 Å². The summed E-state index contributed by atoms with van der Waals surface area (Å²) in [6.07, 6.45) is 3.35. The van der Waals surface area contributed by atoms with Gasteiger partial charge in [-0.3, -0.25) is 9.59 Å². The number of thioether (sulfide) groups is 1. The van der Waals surface area contributed by atoms with Crippen LogP contribution in [0.25, 0.3) is 10.2 Å². The first-order chi connectivity index (χ1) is 13.0. The fourth-order valence-corrected chi connectivity index (χ4v) is 5.49. The number of nitrogens with two attached hydrogens (primary N) is 1. The first-order valence-corrected chi connectivity index (χ1v) is 10.4. The van der Waals surface area contributed by atoms with Crippen molar-refractivity contribution in [3.05, 3.63) is 46.1 Å². The van der Waals surface area contributed by atoms with E-state index in [0.717, 1.165) is 33.9 Å². The first-order valence-electron chi connectivity index (χ1n) is 8.62. The van der Waals surface area contributed by atoms with Crippen LogP contribution < -0.4 is 11.1 Å². The Morgan fingerprint density at radius 1 is 1.22 bits per heavy atom. The van der Waals surface area contributed by atoms with Crippen molar-refractivity contribution in [1.29, 1.82) is 0 Å². The monoisotopic (exact) mass is 398 g/mol. The van der Waals surface area contributed by atoms with Crippen LogP contribution >= 0.6 is 23.1 Å². The molecule has 1 aliphatic rings. The van der Waals surface area contributed by atoms with E-state index in [4.69, 9.17) is 5.73 Å². The summed E-state index contributed by atoms with van der Waals surface area (Å²) in [5.74, 6) is 0.374. The lowest BCUT2D eigenvalue weighted by molar-refractivity contribution is -0.113. The predicted molar refractivity (Wildman–Crippen MR) is 108 cm³/mol. The summed E-state index contributed by atoms with van der Waals surface area (Å²) in [6.45, 7) is 1.88. The lowest BCUT2D eigenvalue weighted by Crippen LogP contribution is -2.15. The van der Waals surface area contributed by atoms with Gasteiger partial charge in [0, 0.05) is 21.5 Å². The molecule has 2 heterocycles. The zero-order chi connectivity index (χ0) is 19.0. The van der Waals surface area contributed by atoms with Crippen molar-refractivity contribution >= 4 is 50.8 Å². The second kappa shape index (κ2) is 7.28. The van der Waals surface area contributed by atoms with Gasteiger partial charge in [-0.1, -0.05) is 11.8 Å². The van der Waals surface area contributed by atoms with Crippen LogP contribution in [0.2, 0.25) is 0 Å². The maximum atomic E-state index is 12.3. The van der Waals surface area contributed by atoms with Crippen LogP contribution in [-0.2, 0) is 17.6 Å². The highest BCUT2D eigenvalue weighted by Gasteiger charge is 2.22. The summed E-state index contributed by atoms with van der Waals surface area (Å²) < 4.78 is 0. The third-order valence-corrected chi connectivity index (χ3v) is 6.60. The van der Waals surface area contributed by atoms with E-state index in [2.05, 4.69) is 15.3 Å². The average Bonchev–Trinajstić information content (AvgIpc) is 3.20. The molecule has 0 aliphatic heterocycles. The molecule has 6 nitrogen and oxygen atoms in total. The van der Waals surface area contributed by atoms with Gasteiger partial charge >= 0.3 is 0 Å². The number of aryl methyl sites for hydroxylation is 3. The zero-order valence-electron chi connectivity index (χ0n) is 14.7. The molecule has 138 valence electrons. The van der Waals surface area contributed by atoms with E-state index in [1.54, 1.807) is 35.6 Å². The Bertz CT molecular complexity index is 1040. The fraction of sp³-hybridized carbons (Fsp3) is 0.263. The molecule has 0 atom stereocenters. The van der Waals surface area contributed by atoms with Crippen molar-refractivity contribution in [2.24, 2.45) is 5.73 Å². The van der Waals surface area contributed by atoms with Gasteiger partial charge in [-0.05, 0) is 56.0 Å². The number of amides is 2. The van der Waals surface area contributed by atoms with Gasteiger partial charge in [-0.25, -0.2) is 9.97 Å². The molecule has 4 rings (SSSR count). The second-order valence-electron chi connectivity index (χ2n) is 6.39. The molecule has 1 aromatic carbocycles. The minimum atomic E-state index is -0.491. The van der Waals surface area contributed by atoms with Crippen molar-refractivity contribution < 1.29 is 9.59 Å². The number of thiophene rings is 1. The quantitative estimate of drug-likeness (QED) is 0.507. The Morgan fingerprint density at radius 2 is 2.00 bits per heavy atom. The standard InChI is InChI=1S/C19H18N4O2S2/c1-10-21-18(16-13-3-2-4-14(13)27-19(16)22-10)26-9-15(24)23-12-7-5-11(6-8-12)17(20)25/h5-8H,2-4,9H2,1H3,(H2,20,25)(H,23,24). The summed E-state index contributed by atoms with van der Waals surface area (Å²) in [5.41, 5.74) is 7.63. The molecule has 0 radical (unpaired) electrons. The third kappa shape index (κ3) is 3.68. The van der Waals surface area contributed by atoms with E-state index in [9.17, 15) is 9.59 Å². The molecular formula is C19H18N4O2S2. The zero-order valence-corrected chi connectivity index (χ0v) is 16.4. The molecule has 27 heavy (non-hydrogen) atoms. The van der Waals surface area contributed by atoms with E-state index in [-0.39, 0.29) is 11.7 Å². The minimum absolute atomic E-state index is 0.122. The molecule has 0 saturated carbocycles. The molecule has 0 fully saturated rings. The highest BCUT2D eigenvalue weighted by molar-refractivity contribution is 8.00. The van der Waals surface area contributed by atoms with Crippen molar-refractivity contribution in [3.8, 4) is 0 Å². The number of anilines is 1. The van der Waals surface area contributed by atoms with Crippen molar-refractivity contribution in [3.63, 3.8) is 0 Å². The van der Waals surface area contributed by atoms with Crippen molar-refractivity contribution in [1.82, 2.24) is 9.97 Å². The first kappa shape index (κ1) is 17.9. The van der Waals surface area contributed by atoms with Gasteiger partial charge < -0.3 is 11.1 Å². The van der Waals surface area contributed by atoms with Gasteiger partial charge in [0.05, 0.1) is 5.75 Å². The van der Waals surface area contributed by atoms with Gasteiger partial charge in [0.25, 0.3) is 0 Å². The lowest BCUT2D eigenvalue weighted by Gasteiger charge is -2.07. The molecule has 8 heteroatoms. The number of rotatable bonds is 5. The maximum absolute atomic E-state index is 12.3. The lowest BCUT2D eigenvalue weighted by atomic mass is 10.2. The highest BCUT2D eigenvalue weighted by Crippen LogP contribution is 2.40. The average molecular weight is 399 g/mol. The molecule has 1 aliphatic carbocycles. The summed E-state index contributed by atoms with van der Waals surface area (Å²) in [6, 6.07) is 6.52. The largest absolute Gasteiger partial charge is 0.366 e. The summed E-state index contributed by atoms with van der Waals surface area (Å²) in [5, 5.41) is 4.85. The van der Waals surface area contributed by atoms with Crippen LogP contribution in [0.5, 0.6) is 0 Å². The SMILES string of the molecule is Cc1nc(SCC(=O)Nc2ccc(C(N)=O)cc2)c2c3c(sc2n1)CCC3. The summed E-state index contributed by atoms with van der Waals surface area (Å²) in [7, 11) is 0. The van der Waals surface area contributed by atoms with E-state index >= 15 is 0 Å². The van der Waals surface area contributed by atoms with Gasteiger partial charge in [0.15, 0.2) is 0 Å². The smallest absolute Gasteiger partial charge is 0.248 e. The summed E-state index contributed by atoms with van der Waals surface area (Å²) in [4.78, 5) is 35.0. The number of carbonyl (C=O) groups excluding carboxylic acids is 2. The van der Waals surface area contributed by atoms with E-state index in [1.807, 2.05) is 6.92 Å². The number of benzene rings is 1. The highest BCUT2D eigenvalue weighted by atomic mass is 32.2. The van der Waals surface area contributed by atoms with E-state index in [0.29, 0.717) is 11.3 Å². The fourth-order valence-electron chi connectivity index (χ4n) is 3.22. The van der Waals surface area contributed by atoms with Crippen LogP contribution in [0, 0.1) is 6.92 Å².